The molecular weight excluding hydrogens is 196 g/mol. The summed E-state index contributed by atoms with van der Waals surface area (Å²) in [5, 5.41) is 17.5. The zero-order valence-corrected chi connectivity index (χ0v) is 9.22. The van der Waals surface area contributed by atoms with Crippen molar-refractivity contribution in [1.82, 2.24) is 9.80 Å². The Balaban J connectivity index is 2.26. The van der Waals surface area contributed by atoms with Gasteiger partial charge in [0, 0.05) is 39.3 Å². The summed E-state index contributed by atoms with van der Waals surface area (Å²) < 4.78 is 0. The van der Waals surface area contributed by atoms with Crippen molar-refractivity contribution in [2.45, 2.75) is 19.4 Å². The Hall–Kier alpha value is -0.650. The first-order valence-electron chi connectivity index (χ1n) is 5.45. The molecule has 0 aromatic rings. The van der Waals surface area contributed by atoms with Crippen molar-refractivity contribution in [2.24, 2.45) is 0 Å². The smallest absolute Gasteiger partial charge is 0.320 e. The van der Waals surface area contributed by atoms with E-state index in [0.717, 1.165) is 39.1 Å². The van der Waals surface area contributed by atoms with Crippen LogP contribution in [0.4, 0.5) is 0 Å². The summed E-state index contributed by atoms with van der Waals surface area (Å²) >= 11 is 0. The van der Waals surface area contributed by atoms with Gasteiger partial charge in [0.2, 0.25) is 0 Å². The van der Waals surface area contributed by atoms with Gasteiger partial charge in [0.05, 0.1) is 0 Å². The van der Waals surface area contributed by atoms with Crippen LogP contribution in [0.3, 0.4) is 0 Å². The molecule has 0 aliphatic carbocycles. The van der Waals surface area contributed by atoms with Crippen molar-refractivity contribution >= 4 is 5.97 Å². The highest BCUT2D eigenvalue weighted by atomic mass is 16.4. The van der Waals surface area contributed by atoms with Crippen LogP contribution in [-0.4, -0.2) is 71.4 Å². The van der Waals surface area contributed by atoms with Crippen LogP contribution in [-0.2, 0) is 4.79 Å². The first-order chi connectivity index (χ1) is 7.15. The predicted molar refractivity (Wildman–Crippen MR) is 56.8 cm³/mol. The van der Waals surface area contributed by atoms with E-state index < -0.39 is 5.97 Å². The van der Waals surface area contributed by atoms with Crippen LogP contribution in [0, 0.1) is 0 Å². The number of aliphatic hydroxyl groups is 1. The quantitative estimate of drug-likeness (QED) is 0.646. The number of nitrogens with zero attached hydrogens (tertiary/aromatic N) is 2. The molecule has 0 saturated carbocycles. The molecule has 0 amide bonds. The lowest BCUT2D eigenvalue weighted by Crippen LogP contribution is -2.51. The summed E-state index contributed by atoms with van der Waals surface area (Å²) in [6.07, 6.45) is 0.800. The second-order valence-electron chi connectivity index (χ2n) is 3.97. The van der Waals surface area contributed by atoms with E-state index in [1.807, 2.05) is 4.90 Å². The van der Waals surface area contributed by atoms with E-state index in [1.54, 1.807) is 6.92 Å². The molecule has 1 unspecified atom stereocenters. The van der Waals surface area contributed by atoms with Gasteiger partial charge in [0.15, 0.2) is 0 Å². The fourth-order valence-corrected chi connectivity index (χ4v) is 1.82. The highest BCUT2D eigenvalue weighted by Crippen LogP contribution is 2.06. The molecule has 0 radical (unpaired) electrons. The lowest BCUT2D eigenvalue weighted by molar-refractivity contribution is -0.143. The first-order valence-corrected chi connectivity index (χ1v) is 5.45. The lowest BCUT2D eigenvalue weighted by atomic mass is 10.2. The van der Waals surface area contributed by atoms with Gasteiger partial charge in [-0.1, -0.05) is 0 Å². The summed E-state index contributed by atoms with van der Waals surface area (Å²) in [5.74, 6) is -0.751. The molecule has 1 rings (SSSR count). The van der Waals surface area contributed by atoms with Crippen molar-refractivity contribution in [3.05, 3.63) is 0 Å². The molecule has 0 bridgehead atoms. The molecule has 1 atom stereocenters. The minimum atomic E-state index is -0.751. The van der Waals surface area contributed by atoms with Crippen LogP contribution in [0.2, 0.25) is 0 Å². The molecule has 0 spiro atoms. The van der Waals surface area contributed by atoms with Crippen LogP contribution in [0.15, 0.2) is 0 Å². The van der Waals surface area contributed by atoms with Crippen molar-refractivity contribution in [3.63, 3.8) is 0 Å². The van der Waals surface area contributed by atoms with Gasteiger partial charge in [-0.15, -0.1) is 0 Å². The molecule has 0 aromatic heterocycles. The number of aliphatic carboxylic acids is 1. The predicted octanol–water partition coefficient (Wildman–Crippen LogP) is -0.540. The van der Waals surface area contributed by atoms with Crippen molar-refractivity contribution in [3.8, 4) is 0 Å². The zero-order valence-electron chi connectivity index (χ0n) is 9.22. The molecule has 1 heterocycles. The Bertz CT molecular complexity index is 203. The topological polar surface area (TPSA) is 64.0 Å². The van der Waals surface area contributed by atoms with Crippen LogP contribution < -0.4 is 0 Å². The van der Waals surface area contributed by atoms with Crippen LogP contribution in [0.25, 0.3) is 0 Å². The van der Waals surface area contributed by atoms with E-state index in [-0.39, 0.29) is 12.6 Å². The molecule has 1 aliphatic heterocycles. The van der Waals surface area contributed by atoms with Gasteiger partial charge in [-0.3, -0.25) is 9.69 Å². The third kappa shape index (κ3) is 3.77. The third-order valence-electron chi connectivity index (χ3n) is 2.94. The molecule has 1 saturated heterocycles. The number of carboxylic acids is 1. The van der Waals surface area contributed by atoms with E-state index in [0.29, 0.717) is 0 Å². The maximum absolute atomic E-state index is 10.8. The zero-order chi connectivity index (χ0) is 11.3. The molecule has 15 heavy (non-hydrogen) atoms. The summed E-state index contributed by atoms with van der Waals surface area (Å²) in [5.41, 5.74) is 0. The maximum atomic E-state index is 10.8. The van der Waals surface area contributed by atoms with Gasteiger partial charge in [-0.25, -0.2) is 0 Å². The van der Waals surface area contributed by atoms with Crippen molar-refractivity contribution in [2.75, 3.05) is 39.3 Å². The van der Waals surface area contributed by atoms with E-state index in [1.165, 1.54) is 0 Å². The fourth-order valence-electron chi connectivity index (χ4n) is 1.82. The number of hydrogen-bond donors (Lipinski definition) is 2. The molecule has 0 aromatic carbocycles. The Labute approximate surface area is 90.3 Å². The maximum Gasteiger partial charge on any atom is 0.320 e. The summed E-state index contributed by atoms with van der Waals surface area (Å²) in [6.45, 7) is 6.27. The number of rotatable bonds is 5. The van der Waals surface area contributed by atoms with Gasteiger partial charge in [0.25, 0.3) is 0 Å². The number of hydrogen-bond acceptors (Lipinski definition) is 4. The van der Waals surface area contributed by atoms with Gasteiger partial charge >= 0.3 is 5.97 Å². The standard InChI is InChI=1S/C10H20N2O3/c1-9(10(14)15)12-6-4-11(5-7-12)3-2-8-13/h9,13H,2-8H2,1H3,(H,14,15). The SMILES string of the molecule is CC(C(=O)O)N1CCN(CCCO)CC1. The second-order valence-corrected chi connectivity index (χ2v) is 3.97. The monoisotopic (exact) mass is 216 g/mol. The molecular formula is C10H20N2O3. The third-order valence-corrected chi connectivity index (χ3v) is 2.94. The van der Waals surface area contributed by atoms with Gasteiger partial charge < -0.3 is 15.1 Å². The van der Waals surface area contributed by atoms with Crippen LogP contribution in [0.1, 0.15) is 13.3 Å². The molecule has 1 aliphatic rings. The Kier molecular flexibility index (Phi) is 5.01. The van der Waals surface area contributed by atoms with Gasteiger partial charge in [-0.05, 0) is 13.3 Å². The van der Waals surface area contributed by atoms with E-state index in [9.17, 15) is 4.79 Å². The number of piperazine rings is 1. The second kappa shape index (κ2) is 6.05. The average molecular weight is 216 g/mol. The van der Waals surface area contributed by atoms with Crippen molar-refractivity contribution in [1.29, 1.82) is 0 Å². The summed E-state index contributed by atoms with van der Waals surface area (Å²) in [6, 6.07) is -0.384. The average Bonchev–Trinajstić information content (AvgIpc) is 2.26. The number of carbonyl (C=O) groups is 1. The highest BCUT2D eigenvalue weighted by molar-refractivity contribution is 5.72. The largest absolute Gasteiger partial charge is 0.480 e. The molecule has 5 nitrogen and oxygen atoms in total. The van der Waals surface area contributed by atoms with Crippen LogP contribution >= 0.6 is 0 Å². The summed E-state index contributed by atoms with van der Waals surface area (Å²) in [4.78, 5) is 15.0. The summed E-state index contributed by atoms with van der Waals surface area (Å²) in [7, 11) is 0. The van der Waals surface area contributed by atoms with Gasteiger partial charge in [-0.2, -0.15) is 0 Å². The van der Waals surface area contributed by atoms with E-state index >= 15 is 0 Å². The minimum Gasteiger partial charge on any atom is -0.480 e. The van der Waals surface area contributed by atoms with Crippen LogP contribution in [0.5, 0.6) is 0 Å². The van der Waals surface area contributed by atoms with E-state index in [2.05, 4.69) is 4.90 Å². The molecule has 88 valence electrons. The molecule has 2 N–H and O–H groups in total. The normalized spacial score (nSPS) is 21.5. The first kappa shape index (κ1) is 12.4. The number of carboxylic acid groups (broad SMARTS) is 1. The Morgan fingerprint density at radius 3 is 2.40 bits per heavy atom. The number of aliphatic hydroxyl groups excluding tert-OH is 1. The van der Waals surface area contributed by atoms with E-state index in [4.69, 9.17) is 10.2 Å². The highest BCUT2D eigenvalue weighted by Gasteiger charge is 2.24. The lowest BCUT2D eigenvalue weighted by Gasteiger charge is -2.36. The van der Waals surface area contributed by atoms with Gasteiger partial charge in [0.1, 0.15) is 6.04 Å². The van der Waals surface area contributed by atoms with Crippen molar-refractivity contribution < 1.29 is 15.0 Å². The Morgan fingerprint density at radius 1 is 1.33 bits per heavy atom. The Morgan fingerprint density at radius 2 is 1.93 bits per heavy atom. The minimum absolute atomic E-state index is 0.228. The molecule has 1 fully saturated rings. The fraction of sp³-hybridized carbons (Fsp3) is 0.900. The molecule has 5 heteroatoms.